The van der Waals surface area contributed by atoms with Crippen molar-refractivity contribution >= 4 is 37.3 Å². The first kappa shape index (κ1) is 13.8. The fourth-order valence-corrected chi connectivity index (χ4v) is 2.80. The van der Waals surface area contributed by atoms with Gasteiger partial charge in [0.25, 0.3) is 10.0 Å². The summed E-state index contributed by atoms with van der Waals surface area (Å²) in [6, 6.07) is 6.82. The second-order valence-corrected chi connectivity index (χ2v) is 6.08. The van der Waals surface area contributed by atoms with E-state index in [1.165, 1.54) is 30.5 Å². The van der Waals surface area contributed by atoms with Crippen LogP contribution in [0.5, 0.6) is 0 Å². The molecule has 19 heavy (non-hydrogen) atoms. The van der Waals surface area contributed by atoms with Gasteiger partial charge in [-0.05, 0) is 46.3 Å². The van der Waals surface area contributed by atoms with E-state index in [4.69, 9.17) is 5.73 Å². The molecule has 0 aliphatic rings. The maximum atomic E-state index is 13.4. The number of hydrogen-bond acceptors (Lipinski definition) is 4. The van der Waals surface area contributed by atoms with E-state index < -0.39 is 20.9 Å². The molecule has 0 aliphatic heterocycles. The van der Waals surface area contributed by atoms with E-state index in [1.807, 2.05) is 0 Å². The fourth-order valence-electron chi connectivity index (χ4n) is 1.36. The van der Waals surface area contributed by atoms with E-state index in [0.29, 0.717) is 10.2 Å². The van der Waals surface area contributed by atoms with Crippen molar-refractivity contribution in [1.29, 1.82) is 0 Å². The van der Waals surface area contributed by atoms with Gasteiger partial charge in [0.2, 0.25) is 5.03 Å². The summed E-state index contributed by atoms with van der Waals surface area (Å²) in [5.41, 5.74) is 6.31. The molecule has 0 unspecified atom stereocenters. The van der Waals surface area contributed by atoms with E-state index in [9.17, 15) is 12.8 Å². The summed E-state index contributed by atoms with van der Waals surface area (Å²) < 4.78 is 40.1. The zero-order valence-electron chi connectivity index (χ0n) is 9.47. The summed E-state index contributed by atoms with van der Waals surface area (Å²) >= 11 is 3.17. The predicted octanol–water partition coefficient (Wildman–Crippen LogP) is 2.37. The normalized spacial score (nSPS) is 11.3. The number of halogens is 2. The first-order valence-electron chi connectivity index (χ1n) is 5.08. The zero-order chi connectivity index (χ0) is 14.0. The van der Waals surface area contributed by atoms with E-state index in [-0.39, 0.29) is 5.69 Å². The first-order chi connectivity index (χ1) is 8.90. The monoisotopic (exact) mass is 345 g/mol. The number of anilines is 2. The highest BCUT2D eigenvalue weighted by atomic mass is 79.9. The van der Waals surface area contributed by atoms with E-state index >= 15 is 0 Å². The van der Waals surface area contributed by atoms with Gasteiger partial charge in [-0.25, -0.2) is 9.37 Å². The Bertz CT molecular complexity index is 722. The van der Waals surface area contributed by atoms with Crippen molar-refractivity contribution < 1.29 is 12.8 Å². The standard InChI is InChI=1S/C11H9BrFN3O2S/c12-8-6-7(3-4-10(8)14)16-19(17,18)11-9(13)2-1-5-15-11/h1-6,16H,14H2. The summed E-state index contributed by atoms with van der Waals surface area (Å²) in [6.45, 7) is 0. The Morgan fingerprint density at radius 1 is 1.32 bits per heavy atom. The third-order valence-corrected chi connectivity index (χ3v) is 4.23. The van der Waals surface area contributed by atoms with Crippen LogP contribution in [0.25, 0.3) is 0 Å². The second kappa shape index (κ2) is 5.14. The van der Waals surface area contributed by atoms with Crippen molar-refractivity contribution in [2.24, 2.45) is 0 Å². The van der Waals surface area contributed by atoms with Crippen molar-refractivity contribution in [2.75, 3.05) is 10.5 Å². The molecule has 0 radical (unpaired) electrons. The van der Waals surface area contributed by atoms with Gasteiger partial charge in [0.15, 0.2) is 5.82 Å². The van der Waals surface area contributed by atoms with Gasteiger partial charge in [-0.15, -0.1) is 0 Å². The highest BCUT2D eigenvalue weighted by molar-refractivity contribution is 9.10. The van der Waals surface area contributed by atoms with Gasteiger partial charge in [0.05, 0.1) is 5.69 Å². The molecule has 5 nitrogen and oxygen atoms in total. The number of pyridine rings is 1. The van der Waals surface area contributed by atoms with Crippen molar-refractivity contribution in [3.05, 3.63) is 46.8 Å². The van der Waals surface area contributed by atoms with Gasteiger partial charge in [-0.1, -0.05) is 0 Å². The van der Waals surface area contributed by atoms with Gasteiger partial charge in [-0.3, -0.25) is 4.72 Å². The third kappa shape index (κ3) is 3.02. The fraction of sp³-hybridized carbons (Fsp3) is 0. The Balaban J connectivity index is 2.37. The van der Waals surface area contributed by atoms with Crippen LogP contribution in [0, 0.1) is 5.82 Å². The smallest absolute Gasteiger partial charge is 0.282 e. The Hall–Kier alpha value is -1.67. The molecule has 1 aromatic heterocycles. The van der Waals surface area contributed by atoms with Gasteiger partial charge in [0.1, 0.15) is 0 Å². The molecule has 2 aromatic rings. The maximum Gasteiger partial charge on any atom is 0.282 e. The minimum Gasteiger partial charge on any atom is -0.398 e. The molecule has 0 saturated heterocycles. The average Bonchev–Trinajstić information content (AvgIpc) is 2.34. The van der Waals surface area contributed by atoms with Crippen molar-refractivity contribution in [1.82, 2.24) is 4.98 Å². The number of benzene rings is 1. The zero-order valence-corrected chi connectivity index (χ0v) is 11.9. The number of nitrogens with one attached hydrogen (secondary N) is 1. The molecule has 0 spiro atoms. The van der Waals surface area contributed by atoms with Crippen molar-refractivity contribution in [3.63, 3.8) is 0 Å². The molecule has 1 heterocycles. The summed E-state index contributed by atoms with van der Waals surface area (Å²) in [7, 11) is -4.07. The lowest BCUT2D eigenvalue weighted by Gasteiger charge is -2.09. The SMILES string of the molecule is Nc1ccc(NS(=O)(=O)c2ncccc2F)cc1Br. The molecule has 0 atom stereocenters. The van der Waals surface area contributed by atoms with Gasteiger partial charge in [-0.2, -0.15) is 8.42 Å². The van der Waals surface area contributed by atoms with E-state index in [0.717, 1.165) is 6.07 Å². The first-order valence-corrected chi connectivity index (χ1v) is 7.36. The lowest BCUT2D eigenvalue weighted by Crippen LogP contribution is -2.16. The number of nitrogen functional groups attached to an aromatic ring is 1. The largest absolute Gasteiger partial charge is 0.398 e. The number of rotatable bonds is 3. The summed E-state index contributed by atoms with van der Waals surface area (Å²) in [4.78, 5) is 3.52. The Labute approximate surface area is 117 Å². The summed E-state index contributed by atoms with van der Waals surface area (Å²) in [5, 5.41) is -0.650. The molecular formula is C11H9BrFN3O2S. The van der Waals surface area contributed by atoms with Gasteiger partial charge >= 0.3 is 0 Å². The number of hydrogen-bond donors (Lipinski definition) is 2. The van der Waals surface area contributed by atoms with Crippen molar-refractivity contribution in [2.45, 2.75) is 5.03 Å². The molecule has 8 heteroatoms. The number of nitrogens with zero attached hydrogens (tertiary/aromatic N) is 1. The molecule has 100 valence electrons. The van der Waals surface area contributed by atoms with Crippen LogP contribution in [0.1, 0.15) is 0 Å². The van der Waals surface area contributed by atoms with Crippen molar-refractivity contribution in [3.8, 4) is 0 Å². The molecule has 0 fully saturated rings. The highest BCUT2D eigenvalue weighted by Crippen LogP contribution is 2.25. The molecule has 0 amide bonds. The van der Waals surface area contributed by atoms with Crippen LogP contribution >= 0.6 is 15.9 Å². The van der Waals surface area contributed by atoms with Crippen LogP contribution in [0.15, 0.2) is 46.0 Å². The minimum absolute atomic E-state index is 0.256. The van der Waals surface area contributed by atoms with E-state index in [1.54, 1.807) is 0 Å². The van der Waals surface area contributed by atoms with Crippen LogP contribution in [-0.2, 0) is 10.0 Å². The van der Waals surface area contributed by atoms with Crippen LogP contribution in [0.4, 0.5) is 15.8 Å². The van der Waals surface area contributed by atoms with Crippen LogP contribution in [0.3, 0.4) is 0 Å². The molecule has 2 rings (SSSR count). The quantitative estimate of drug-likeness (QED) is 0.836. The molecule has 0 aliphatic carbocycles. The van der Waals surface area contributed by atoms with Gasteiger partial charge in [0, 0.05) is 16.4 Å². The van der Waals surface area contributed by atoms with Crippen LogP contribution in [0.2, 0.25) is 0 Å². The topological polar surface area (TPSA) is 85.1 Å². The highest BCUT2D eigenvalue weighted by Gasteiger charge is 2.20. The van der Waals surface area contributed by atoms with E-state index in [2.05, 4.69) is 25.6 Å². The molecular weight excluding hydrogens is 337 g/mol. The minimum atomic E-state index is -4.07. The molecule has 1 aromatic carbocycles. The van der Waals surface area contributed by atoms with Crippen LogP contribution < -0.4 is 10.5 Å². The summed E-state index contributed by atoms with van der Waals surface area (Å²) in [6.07, 6.45) is 1.20. The maximum absolute atomic E-state index is 13.4. The number of nitrogens with two attached hydrogens (primary N) is 1. The average molecular weight is 346 g/mol. The lowest BCUT2D eigenvalue weighted by molar-refractivity contribution is 0.557. The predicted molar refractivity (Wildman–Crippen MR) is 73.6 cm³/mol. The Morgan fingerprint density at radius 3 is 2.68 bits per heavy atom. The molecule has 3 N–H and O–H groups in total. The Kier molecular flexibility index (Phi) is 3.72. The molecule has 0 saturated carbocycles. The molecule has 0 bridgehead atoms. The Morgan fingerprint density at radius 2 is 2.05 bits per heavy atom. The van der Waals surface area contributed by atoms with Gasteiger partial charge < -0.3 is 5.73 Å². The summed E-state index contributed by atoms with van der Waals surface area (Å²) in [5.74, 6) is -0.912. The van der Waals surface area contributed by atoms with Crippen LogP contribution in [-0.4, -0.2) is 13.4 Å². The lowest BCUT2D eigenvalue weighted by atomic mass is 10.3. The number of sulfonamides is 1. The number of aromatic nitrogens is 1. The second-order valence-electron chi connectivity index (χ2n) is 3.63. The third-order valence-electron chi connectivity index (χ3n) is 2.23.